The van der Waals surface area contributed by atoms with Crippen LogP contribution in [0.15, 0.2) is 72.3 Å². The normalized spacial score (nSPS) is 17.5. The van der Waals surface area contributed by atoms with E-state index >= 15 is 0 Å². The first-order valence-electron chi connectivity index (χ1n) is 10.2. The maximum Gasteiger partial charge on any atom is 0.301 e. The number of Topliss-reactive ketones (excluding diaryl/α,β-unsaturated/α-hetero) is 1. The molecule has 9 heteroatoms. The van der Waals surface area contributed by atoms with Crippen LogP contribution in [0.3, 0.4) is 0 Å². The summed E-state index contributed by atoms with van der Waals surface area (Å²) in [6.07, 6.45) is 0. The first kappa shape index (κ1) is 21.6. The maximum atomic E-state index is 13.4. The minimum Gasteiger partial charge on any atom is -0.508 e. The average Bonchev–Trinajstić information content (AvgIpc) is 3.36. The third kappa shape index (κ3) is 3.56. The number of carbonyl (C=O) groups is 2. The third-order valence-electron chi connectivity index (χ3n) is 5.54. The average molecular weight is 476 g/mol. The molecule has 0 aliphatic carbocycles. The van der Waals surface area contributed by atoms with Crippen molar-refractivity contribution < 1.29 is 28.9 Å². The number of ether oxygens (including phenoxy) is 1. The maximum absolute atomic E-state index is 13.4. The van der Waals surface area contributed by atoms with Gasteiger partial charge in [0.05, 0.1) is 28.9 Å². The zero-order chi connectivity index (χ0) is 24.0. The number of aliphatic hydroxyl groups excluding tert-OH is 1. The number of amides is 1. The molecule has 7 nitrogen and oxygen atoms in total. The number of aromatic nitrogens is 1. The standard InChI is InChI=1S/C25H17FN2O5S/c1-33-17-9-10-18-19(12-17)34-25(27-18)28-21(14-3-2-4-16(29)11-14)20(23(31)24(28)32)22(30)13-5-7-15(26)8-6-13/h2-12,21,29-30H,1H3/b22-20+. The molecule has 1 aliphatic heterocycles. The second kappa shape index (κ2) is 8.27. The molecule has 0 saturated carbocycles. The number of anilines is 1. The number of aliphatic hydroxyl groups is 1. The molecule has 170 valence electrons. The smallest absolute Gasteiger partial charge is 0.301 e. The van der Waals surface area contributed by atoms with Crippen molar-refractivity contribution in [3.8, 4) is 11.5 Å². The van der Waals surface area contributed by atoms with E-state index in [9.17, 15) is 24.2 Å². The Kier molecular flexibility index (Phi) is 5.25. The number of rotatable bonds is 4. The van der Waals surface area contributed by atoms with Gasteiger partial charge in [-0.25, -0.2) is 9.37 Å². The van der Waals surface area contributed by atoms with E-state index in [1.807, 2.05) is 0 Å². The van der Waals surface area contributed by atoms with Crippen LogP contribution in [-0.4, -0.2) is 34.0 Å². The van der Waals surface area contributed by atoms with Crippen molar-refractivity contribution >= 4 is 44.1 Å². The van der Waals surface area contributed by atoms with Crippen molar-refractivity contribution in [2.75, 3.05) is 12.0 Å². The number of aromatic hydroxyl groups is 1. The molecule has 0 bridgehead atoms. The van der Waals surface area contributed by atoms with E-state index in [4.69, 9.17) is 4.74 Å². The summed E-state index contributed by atoms with van der Waals surface area (Å²) in [7, 11) is 1.54. The van der Waals surface area contributed by atoms with Gasteiger partial charge in [-0.05, 0) is 60.2 Å². The van der Waals surface area contributed by atoms with Gasteiger partial charge in [0.1, 0.15) is 23.1 Å². The molecule has 2 N–H and O–H groups in total. The van der Waals surface area contributed by atoms with Crippen LogP contribution < -0.4 is 9.64 Å². The molecule has 1 unspecified atom stereocenters. The fraction of sp³-hybridized carbons (Fsp3) is 0.0800. The van der Waals surface area contributed by atoms with E-state index in [1.165, 1.54) is 40.5 Å². The summed E-state index contributed by atoms with van der Waals surface area (Å²) >= 11 is 1.19. The summed E-state index contributed by atoms with van der Waals surface area (Å²) in [5, 5.41) is 21.4. The largest absolute Gasteiger partial charge is 0.508 e. The number of benzene rings is 3. The number of phenolic OH excluding ortho intramolecular Hbond substituents is 1. The summed E-state index contributed by atoms with van der Waals surface area (Å²) in [5.41, 5.74) is 1.01. The molecule has 0 radical (unpaired) electrons. The quantitative estimate of drug-likeness (QED) is 0.250. The van der Waals surface area contributed by atoms with E-state index in [0.717, 1.165) is 16.8 Å². The number of methoxy groups -OCH3 is 1. The lowest BCUT2D eigenvalue weighted by Crippen LogP contribution is -2.29. The summed E-state index contributed by atoms with van der Waals surface area (Å²) in [6, 6.07) is 15.2. The van der Waals surface area contributed by atoms with Gasteiger partial charge in [0, 0.05) is 5.56 Å². The Hall–Kier alpha value is -4.24. The van der Waals surface area contributed by atoms with Crippen LogP contribution in [0.25, 0.3) is 16.0 Å². The summed E-state index contributed by atoms with van der Waals surface area (Å²) in [4.78, 5) is 32.1. The molecule has 1 aromatic heterocycles. The Morgan fingerprint density at radius 1 is 1.09 bits per heavy atom. The van der Waals surface area contributed by atoms with Crippen molar-refractivity contribution in [1.29, 1.82) is 0 Å². The predicted molar refractivity (Wildman–Crippen MR) is 125 cm³/mol. The molecule has 34 heavy (non-hydrogen) atoms. The molecular weight excluding hydrogens is 459 g/mol. The second-order valence-corrected chi connectivity index (χ2v) is 8.61. The Labute approximate surface area is 197 Å². The van der Waals surface area contributed by atoms with Gasteiger partial charge in [-0.15, -0.1) is 0 Å². The Bertz CT molecular complexity index is 1480. The highest BCUT2D eigenvalue weighted by Gasteiger charge is 2.48. The minimum atomic E-state index is -1.06. The minimum absolute atomic E-state index is 0.0705. The number of nitrogens with zero attached hydrogens (tertiary/aromatic N) is 2. The monoisotopic (exact) mass is 476 g/mol. The number of thiazole rings is 1. The number of carbonyl (C=O) groups excluding carboxylic acids is 2. The molecule has 2 heterocycles. The number of ketones is 1. The van der Waals surface area contributed by atoms with Gasteiger partial charge < -0.3 is 14.9 Å². The zero-order valence-corrected chi connectivity index (χ0v) is 18.5. The van der Waals surface area contributed by atoms with Crippen molar-refractivity contribution in [2.45, 2.75) is 6.04 Å². The van der Waals surface area contributed by atoms with Crippen LogP contribution in [0.2, 0.25) is 0 Å². The third-order valence-corrected chi connectivity index (χ3v) is 6.56. The van der Waals surface area contributed by atoms with Crippen LogP contribution in [0.4, 0.5) is 9.52 Å². The van der Waals surface area contributed by atoms with E-state index < -0.39 is 29.3 Å². The molecular formula is C25H17FN2O5S. The SMILES string of the molecule is COc1ccc2nc(N3C(=O)C(=O)/C(=C(/O)c4ccc(F)cc4)C3c3cccc(O)c3)sc2c1. The van der Waals surface area contributed by atoms with E-state index in [-0.39, 0.29) is 22.0 Å². The van der Waals surface area contributed by atoms with Crippen molar-refractivity contribution in [3.63, 3.8) is 0 Å². The Morgan fingerprint density at radius 2 is 1.85 bits per heavy atom. The fourth-order valence-electron chi connectivity index (χ4n) is 3.93. The fourth-order valence-corrected chi connectivity index (χ4v) is 4.95. The van der Waals surface area contributed by atoms with E-state index in [0.29, 0.717) is 16.8 Å². The summed E-state index contributed by atoms with van der Waals surface area (Å²) in [5.74, 6) is -2.19. The molecule has 1 atom stereocenters. The predicted octanol–water partition coefficient (Wildman–Crippen LogP) is 4.78. The first-order chi connectivity index (χ1) is 16.4. The van der Waals surface area contributed by atoms with Crippen molar-refractivity contribution in [1.82, 2.24) is 4.98 Å². The second-order valence-electron chi connectivity index (χ2n) is 7.60. The van der Waals surface area contributed by atoms with Gasteiger partial charge in [0.2, 0.25) is 0 Å². The highest BCUT2D eigenvalue weighted by molar-refractivity contribution is 7.22. The van der Waals surface area contributed by atoms with Crippen LogP contribution in [0, 0.1) is 5.82 Å². The first-order valence-corrected chi connectivity index (χ1v) is 11.0. The number of halogens is 1. The highest BCUT2D eigenvalue weighted by atomic mass is 32.1. The van der Waals surface area contributed by atoms with Gasteiger partial charge in [0.25, 0.3) is 5.78 Å². The van der Waals surface area contributed by atoms with E-state index in [1.54, 1.807) is 37.4 Å². The zero-order valence-electron chi connectivity index (χ0n) is 17.7. The molecule has 1 amide bonds. The van der Waals surface area contributed by atoms with Crippen LogP contribution >= 0.6 is 11.3 Å². The highest BCUT2D eigenvalue weighted by Crippen LogP contribution is 2.45. The lowest BCUT2D eigenvalue weighted by molar-refractivity contribution is -0.132. The number of phenols is 1. The Balaban J connectivity index is 1.72. The number of fused-ring (bicyclic) bond motifs is 1. The summed E-state index contributed by atoms with van der Waals surface area (Å²) < 4.78 is 19.4. The molecule has 0 spiro atoms. The van der Waals surface area contributed by atoms with Gasteiger partial charge in [-0.3, -0.25) is 14.5 Å². The van der Waals surface area contributed by atoms with Crippen LogP contribution in [0.1, 0.15) is 17.2 Å². The van der Waals surface area contributed by atoms with Crippen LogP contribution in [-0.2, 0) is 9.59 Å². The molecule has 5 rings (SSSR count). The summed E-state index contributed by atoms with van der Waals surface area (Å²) in [6.45, 7) is 0. The van der Waals surface area contributed by atoms with Crippen molar-refractivity contribution in [2.24, 2.45) is 0 Å². The molecule has 1 fully saturated rings. The topological polar surface area (TPSA) is 100.0 Å². The molecule has 1 aliphatic rings. The molecule has 3 aromatic carbocycles. The van der Waals surface area contributed by atoms with Crippen LogP contribution in [0.5, 0.6) is 11.5 Å². The number of hydrogen-bond donors (Lipinski definition) is 2. The number of hydrogen-bond acceptors (Lipinski definition) is 7. The Morgan fingerprint density at radius 3 is 2.56 bits per heavy atom. The van der Waals surface area contributed by atoms with Gasteiger partial charge in [-0.2, -0.15) is 0 Å². The molecule has 4 aromatic rings. The van der Waals surface area contributed by atoms with Crippen molar-refractivity contribution in [3.05, 3.63) is 89.2 Å². The van der Waals surface area contributed by atoms with Gasteiger partial charge >= 0.3 is 5.91 Å². The van der Waals surface area contributed by atoms with Gasteiger partial charge in [0.15, 0.2) is 5.13 Å². The van der Waals surface area contributed by atoms with E-state index in [2.05, 4.69) is 4.98 Å². The van der Waals surface area contributed by atoms with Gasteiger partial charge in [-0.1, -0.05) is 23.5 Å². The lowest BCUT2D eigenvalue weighted by atomic mass is 9.95. The lowest BCUT2D eigenvalue weighted by Gasteiger charge is -2.23. The molecule has 1 saturated heterocycles.